The topological polar surface area (TPSA) is 66.6 Å². The number of likely N-dealkylation sites (tertiary alicyclic amines) is 1. The van der Waals surface area contributed by atoms with Crippen LogP contribution in [0, 0.1) is 5.92 Å². The summed E-state index contributed by atoms with van der Waals surface area (Å²) >= 11 is 0. The number of nitrogens with zero attached hydrogens (tertiary/aromatic N) is 1. The number of carboxylic acid groups (broad SMARTS) is 1. The van der Waals surface area contributed by atoms with Crippen molar-refractivity contribution in [3.05, 3.63) is 35.9 Å². The number of hydrogen-bond acceptors (Lipinski definition) is 2. The van der Waals surface area contributed by atoms with Crippen molar-refractivity contribution in [1.82, 2.24) is 4.90 Å². The maximum absolute atomic E-state index is 10.8. The first-order chi connectivity index (χ1) is 7.68. The van der Waals surface area contributed by atoms with E-state index in [1.807, 2.05) is 30.3 Å². The van der Waals surface area contributed by atoms with Gasteiger partial charge in [-0.15, -0.1) is 0 Å². The van der Waals surface area contributed by atoms with Crippen molar-refractivity contribution in [2.75, 3.05) is 13.1 Å². The molecule has 0 spiro atoms. The molecule has 1 aromatic carbocycles. The van der Waals surface area contributed by atoms with Crippen LogP contribution >= 0.6 is 0 Å². The molecule has 1 saturated heterocycles. The smallest absolute Gasteiger partial charge is 0.407 e. The molecule has 0 bridgehead atoms. The molecule has 0 aromatic heterocycles. The summed E-state index contributed by atoms with van der Waals surface area (Å²) in [6, 6.07) is 9.79. The largest absolute Gasteiger partial charge is 0.465 e. The third kappa shape index (κ3) is 2.17. The number of amides is 1. The van der Waals surface area contributed by atoms with E-state index in [-0.39, 0.29) is 12.0 Å². The van der Waals surface area contributed by atoms with Gasteiger partial charge in [0, 0.05) is 19.1 Å². The van der Waals surface area contributed by atoms with Crippen LogP contribution in [0.25, 0.3) is 0 Å². The van der Waals surface area contributed by atoms with Crippen molar-refractivity contribution in [2.45, 2.75) is 12.5 Å². The second-order valence-electron chi connectivity index (χ2n) is 4.21. The molecule has 2 rings (SSSR count). The summed E-state index contributed by atoms with van der Waals surface area (Å²) in [7, 11) is 0. The highest BCUT2D eigenvalue weighted by molar-refractivity contribution is 5.65. The average Bonchev–Trinajstić information content (AvgIpc) is 2.78. The molecule has 4 nitrogen and oxygen atoms in total. The molecular weight excluding hydrogens is 204 g/mol. The highest BCUT2D eigenvalue weighted by Crippen LogP contribution is 2.27. The van der Waals surface area contributed by atoms with Gasteiger partial charge in [0.1, 0.15) is 0 Å². The van der Waals surface area contributed by atoms with Crippen molar-refractivity contribution >= 4 is 6.09 Å². The van der Waals surface area contributed by atoms with E-state index in [0.29, 0.717) is 13.1 Å². The fraction of sp³-hybridized carbons (Fsp3) is 0.417. The van der Waals surface area contributed by atoms with Gasteiger partial charge in [-0.1, -0.05) is 30.3 Å². The third-order valence-corrected chi connectivity index (χ3v) is 3.19. The number of rotatable bonds is 2. The van der Waals surface area contributed by atoms with Crippen molar-refractivity contribution in [3.63, 3.8) is 0 Å². The number of carbonyl (C=O) groups is 1. The quantitative estimate of drug-likeness (QED) is 0.797. The Morgan fingerprint density at radius 1 is 1.44 bits per heavy atom. The monoisotopic (exact) mass is 220 g/mol. The average molecular weight is 220 g/mol. The Kier molecular flexibility index (Phi) is 3.10. The SMILES string of the molecule is NC(c1ccccc1)[C@@H]1CCN(C(=O)O)C1. The highest BCUT2D eigenvalue weighted by atomic mass is 16.4. The first-order valence-electron chi connectivity index (χ1n) is 5.47. The fourth-order valence-electron chi connectivity index (χ4n) is 2.20. The predicted molar refractivity (Wildman–Crippen MR) is 61.1 cm³/mol. The summed E-state index contributed by atoms with van der Waals surface area (Å²) < 4.78 is 0. The minimum atomic E-state index is -0.845. The molecule has 16 heavy (non-hydrogen) atoms. The van der Waals surface area contributed by atoms with Gasteiger partial charge < -0.3 is 15.7 Å². The van der Waals surface area contributed by atoms with Crippen molar-refractivity contribution in [2.24, 2.45) is 11.7 Å². The summed E-state index contributed by atoms with van der Waals surface area (Å²) in [5, 5.41) is 8.87. The van der Waals surface area contributed by atoms with E-state index in [4.69, 9.17) is 10.8 Å². The zero-order valence-electron chi connectivity index (χ0n) is 9.04. The van der Waals surface area contributed by atoms with Gasteiger partial charge in [0.05, 0.1) is 0 Å². The maximum atomic E-state index is 10.8. The van der Waals surface area contributed by atoms with Gasteiger partial charge in [0.25, 0.3) is 0 Å². The van der Waals surface area contributed by atoms with Crippen LogP contribution in [0.4, 0.5) is 4.79 Å². The number of nitrogens with two attached hydrogens (primary N) is 1. The van der Waals surface area contributed by atoms with Crippen LogP contribution in [0.5, 0.6) is 0 Å². The van der Waals surface area contributed by atoms with E-state index in [1.165, 1.54) is 4.90 Å². The summed E-state index contributed by atoms with van der Waals surface area (Å²) in [5.74, 6) is 0.235. The molecule has 1 unspecified atom stereocenters. The summed E-state index contributed by atoms with van der Waals surface area (Å²) in [6.45, 7) is 1.14. The molecule has 1 heterocycles. The summed E-state index contributed by atoms with van der Waals surface area (Å²) in [5.41, 5.74) is 7.23. The molecule has 1 fully saturated rings. The van der Waals surface area contributed by atoms with Gasteiger partial charge in [-0.25, -0.2) is 4.79 Å². The first-order valence-corrected chi connectivity index (χ1v) is 5.47. The molecule has 0 aliphatic carbocycles. The molecule has 4 heteroatoms. The molecular formula is C12H16N2O2. The van der Waals surface area contributed by atoms with Gasteiger partial charge in [0.15, 0.2) is 0 Å². The van der Waals surface area contributed by atoms with Crippen LogP contribution in [-0.4, -0.2) is 29.2 Å². The minimum absolute atomic E-state index is 0.0643. The third-order valence-electron chi connectivity index (χ3n) is 3.19. The lowest BCUT2D eigenvalue weighted by atomic mass is 9.93. The van der Waals surface area contributed by atoms with Crippen LogP contribution in [0.15, 0.2) is 30.3 Å². The lowest BCUT2D eigenvalue weighted by Gasteiger charge is -2.19. The summed E-state index contributed by atoms with van der Waals surface area (Å²) in [4.78, 5) is 12.2. The van der Waals surface area contributed by atoms with Crippen molar-refractivity contribution in [3.8, 4) is 0 Å². The van der Waals surface area contributed by atoms with E-state index in [2.05, 4.69) is 0 Å². The van der Waals surface area contributed by atoms with Gasteiger partial charge >= 0.3 is 6.09 Å². The van der Waals surface area contributed by atoms with Crippen LogP contribution in [0.1, 0.15) is 18.0 Å². The standard InChI is InChI=1S/C12H16N2O2/c13-11(9-4-2-1-3-5-9)10-6-7-14(8-10)12(15)16/h1-5,10-11H,6-8,13H2,(H,15,16)/t10-,11?/m1/s1. The molecule has 1 aliphatic rings. The van der Waals surface area contributed by atoms with E-state index in [1.54, 1.807) is 0 Å². The number of hydrogen-bond donors (Lipinski definition) is 2. The van der Waals surface area contributed by atoms with Crippen LogP contribution in [-0.2, 0) is 0 Å². The van der Waals surface area contributed by atoms with Crippen LogP contribution in [0.3, 0.4) is 0 Å². The summed E-state index contributed by atoms with van der Waals surface area (Å²) in [6.07, 6.45) is 0.00490. The minimum Gasteiger partial charge on any atom is -0.465 e. The Labute approximate surface area is 94.7 Å². The molecule has 0 saturated carbocycles. The maximum Gasteiger partial charge on any atom is 0.407 e. The predicted octanol–water partition coefficient (Wildman–Crippen LogP) is 1.69. The van der Waals surface area contributed by atoms with E-state index >= 15 is 0 Å². The molecule has 1 amide bonds. The lowest BCUT2D eigenvalue weighted by molar-refractivity contribution is 0.153. The molecule has 3 N–H and O–H groups in total. The second-order valence-corrected chi connectivity index (χ2v) is 4.21. The molecule has 2 atom stereocenters. The van der Waals surface area contributed by atoms with E-state index in [9.17, 15) is 4.79 Å². The lowest BCUT2D eigenvalue weighted by Crippen LogP contribution is -2.29. The Morgan fingerprint density at radius 2 is 2.12 bits per heavy atom. The van der Waals surface area contributed by atoms with Gasteiger partial charge in [-0.3, -0.25) is 0 Å². The zero-order chi connectivity index (χ0) is 11.5. The van der Waals surface area contributed by atoms with Gasteiger partial charge in [-0.2, -0.15) is 0 Å². The molecule has 1 aromatic rings. The number of benzene rings is 1. The Hall–Kier alpha value is -1.55. The fourth-order valence-corrected chi connectivity index (χ4v) is 2.20. The Balaban J connectivity index is 2.02. The van der Waals surface area contributed by atoms with Crippen LogP contribution < -0.4 is 5.73 Å². The van der Waals surface area contributed by atoms with Gasteiger partial charge in [-0.05, 0) is 17.9 Å². The highest BCUT2D eigenvalue weighted by Gasteiger charge is 2.30. The normalized spacial score (nSPS) is 22.1. The van der Waals surface area contributed by atoms with Gasteiger partial charge in [0.2, 0.25) is 0 Å². The second kappa shape index (κ2) is 4.53. The Morgan fingerprint density at radius 3 is 2.69 bits per heavy atom. The molecule has 86 valence electrons. The first kappa shape index (κ1) is 11.0. The van der Waals surface area contributed by atoms with Crippen molar-refractivity contribution < 1.29 is 9.90 Å². The van der Waals surface area contributed by atoms with Crippen LogP contribution in [0.2, 0.25) is 0 Å². The van der Waals surface area contributed by atoms with E-state index in [0.717, 1.165) is 12.0 Å². The zero-order valence-corrected chi connectivity index (χ0v) is 9.04. The van der Waals surface area contributed by atoms with Crippen molar-refractivity contribution in [1.29, 1.82) is 0 Å². The molecule has 0 radical (unpaired) electrons. The Bertz CT molecular complexity index is 367. The van der Waals surface area contributed by atoms with E-state index < -0.39 is 6.09 Å². The molecule has 1 aliphatic heterocycles.